The summed E-state index contributed by atoms with van der Waals surface area (Å²) in [5.41, 5.74) is 0. The maximum Gasteiger partial charge on any atom is 0.500 e. The molecular weight excluding hydrogens is 326 g/mol. The lowest BCUT2D eigenvalue weighted by atomic mass is 10.1. The number of pyridine rings is 1. The highest BCUT2D eigenvalue weighted by Gasteiger charge is 2.49. The molecule has 0 spiro atoms. The largest absolute Gasteiger partial charge is 0.743 e. The summed E-state index contributed by atoms with van der Waals surface area (Å²) in [6, 6.07) is 5.34. The molecule has 0 amide bonds. The van der Waals surface area contributed by atoms with E-state index in [2.05, 4.69) is 0 Å². The number of hydrogen-bond acceptors (Lipinski definition) is 6. The number of hydrogen-bond donors (Lipinski definition) is 0. The van der Waals surface area contributed by atoms with Crippen LogP contribution in [0.4, 0.5) is 0 Å². The fourth-order valence-corrected chi connectivity index (χ4v) is 5.59. The summed E-state index contributed by atoms with van der Waals surface area (Å²) in [4.78, 5) is -1.60. The van der Waals surface area contributed by atoms with Crippen molar-refractivity contribution in [1.29, 1.82) is 0 Å². The second kappa shape index (κ2) is 7.62. The van der Waals surface area contributed by atoms with Crippen molar-refractivity contribution in [2.45, 2.75) is 30.7 Å². The third-order valence-corrected chi connectivity index (χ3v) is 8.32. The van der Waals surface area contributed by atoms with E-state index in [1.54, 1.807) is 37.5 Å². The minimum Gasteiger partial charge on any atom is -0.743 e. The van der Waals surface area contributed by atoms with Gasteiger partial charge in [-0.25, -0.2) is 8.42 Å². The van der Waals surface area contributed by atoms with E-state index in [4.69, 9.17) is 13.3 Å². The van der Waals surface area contributed by atoms with E-state index in [-0.39, 0.29) is 18.9 Å². The van der Waals surface area contributed by atoms with Crippen LogP contribution in [0.3, 0.4) is 0 Å². The van der Waals surface area contributed by atoms with Gasteiger partial charge >= 0.3 is 8.80 Å². The van der Waals surface area contributed by atoms with Gasteiger partial charge in [0.25, 0.3) is 4.87 Å². The van der Waals surface area contributed by atoms with Crippen LogP contribution in [0, 0.1) is 0 Å². The van der Waals surface area contributed by atoms with Gasteiger partial charge in [-0.2, -0.15) is 4.57 Å². The van der Waals surface area contributed by atoms with Gasteiger partial charge in [-0.3, -0.25) is 0 Å². The van der Waals surface area contributed by atoms with Crippen molar-refractivity contribution >= 4 is 18.9 Å². The molecule has 0 aliphatic carbocycles. The molecule has 0 aromatic carbocycles. The monoisotopic (exact) mass is 349 g/mol. The molecule has 1 unspecified atom stereocenters. The molecule has 0 aliphatic heterocycles. The Balaban J connectivity index is 3.24. The van der Waals surface area contributed by atoms with Crippen LogP contribution in [-0.4, -0.2) is 43.1 Å². The Labute approximate surface area is 133 Å². The van der Waals surface area contributed by atoms with Crippen LogP contribution < -0.4 is 4.57 Å². The molecule has 0 bridgehead atoms. The van der Waals surface area contributed by atoms with Crippen molar-refractivity contribution in [3.63, 3.8) is 0 Å². The van der Waals surface area contributed by atoms with Crippen LogP contribution in [0.25, 0.3) is 0 Å². The predicted molar refractivity (Wildman–Crippen MR) is 80.8 cm³/mol. The fraction of sp³-hybridized carbons (Fsp3) is 0.615. The van der Waals surface area contributed by atoms with E-state index in [0.717, 1.165) is 0 Å². The van der Waals surface area contributed by atoms with E-state index in [1.165, 1.54) is 25.9 Å². The predicted octanol–water partition coefficient (Wildman–Crippen LogP) is 0.850. The van der Waals surface area contributed by atoms with Crippen molar-refractivity contribution in [2.24, 2.45) is 0 Å². The topological polar surface area (TPSA) is 88.8 Å². The first-order valence-corrected chi connectivity index (χ1v) is 10.2. The lowest BCUT2D eigenvalue weighted by molar-refractivity contribution is -0.742. The van der Waals surface area contributed by atoms with Gasteiger partial charge in [0, 0.05) is 52.3 Å². The molecule has 9 heteroatoms. The number of aromatic nitrogens is 1. The third kappa shape index (κ3) is 3.73. The Morgan fingerprint density at radius 2 is 1.59 bits per heavy atom. The summed E-state index contributed by atoms with van der Waals surface area (Å²) in [7, 11) is -3.22. The lowest BCUT2D eigenvalue weighted by Gasteiger charge is -2.32. The minimum atomic E-state index is -4.61. The molecule has 7 nitrogen and oxygen atoms in total. The van der Waals surface area contributed by atoms with Crippen LogP contribution in [0.2, 0.25) is 6.04 Å². The second-order valence-electron chi connectivity index (χ2n) is 4.83. The van der Waals surface area contributed by atoms with E-state index in [1.807, 2.05) is 0 Å². The van der Waals surface area contributed by atoms with E-state index < -0.39 is 23.8 Å². The smallest absolute Gasteiger partial charge is 0.500 e. The average molecular weight is 349 g/mol. The van der Waals surface area contributed by atoms with Crippen molar-refractivity contribution in [3.8, 4) is 0 Å². The summed E-state index contributed by atoms with van der Waals surface area (Å²) in [5.74, 6) is 0. The van der Waals surface area contributed by atoms with Gasteiger partial charge in [-0.1, -0.05) is 13.0 Å². The van der Waals surface area contributed by atoms with Crippen LogP contribution in [-0.2, 0) is 28.3 Å². The molecule has 22 heavy (non-hydrogen) atoms. The molecule has 126 valence electrons. The van der Waals surface area contributed by atoms with E-state index in [9.17, 15) is 13.0 Å². The molecular formula is C13H23NO6SSi. The molecule has 1 atom stereocenters. The Morgan fingerprint density at radius 3 is 1.95 bits per heavy atom. The first-order valence-electron chi connectivity index (χ1n) is 6.88. The molecule has 0 saturated heterocycles. The first kappa shape index (κ1) is 19.2. The molecule has 0 N–H and O–H groups in total. The maximum absolute atomic E-state index is 12.0. The lowest BCUT2D eigenvalue weighted by Crippen LogP contribution is -2.61. The van der Waals surface area contributed by atoms with E-state index in [0.29, 0.717) is 0 Å². The summed E-state index contributed by atoms with van der Waals surface area (Å²) >= 11 is 0. The van der Waals surface area contributed by atoms with Crippen LogP contribution in [0.15, 0.2) is 30.6 Å². The molecule has 0 fully saturated rings. The summed E-state index contributed by atoms with van der Waals surface area (Å²) in [6.07, 6.45) is 3.34. The van der Waals surface area contributed by atoms with Gasteiger partial charge in [-0.05, 0) is 0 Å². The number of nitrogens with zero attached hydrogens (tertiary/aromatic N) is 1. The van der Waals surface area contributed by atoms with Crippen molar-refractivity contribution in [3.05, 3.63) is 30.6 Å². The third-order valence-electron chi connectivity index (χ3n) is 3.96. The fourth-order valence-electron chi connectivity index (χ4n) is 2.49. The van der Waals surface area contributed by atoms with Crippen LogP contribution in [0.5, 0.6) is 0 Å². The zero-order valence-corrected chi connectivity index (χ0v) is 15.1. The first-order chi connectivity index (χ1) is 10.3. The van der Waals surface area contributed by atoms with Crippen LogP contribution >= 0.6 is 0 Å². The second-order valence-corrected chi connectivity index (χ2v) is 9.59. The van der Waals surface area contributed by atoms with Gasteiger partial charge in [0.1, 0.15) is 0 Å². The zero-order chi connectivity index (χ0) is 16.9. The van der Waals surface area contributed by atoms with E-state index >= 15 is 0 Å². The number of rotatable bonds is 9. The van der Waals surface area contributed by atoms with Gasteiger partial charge in [0.05, 0.1) is 0 Å². The van der Waals surface area contributed by atoms with Crippen LogP contribution in [0.1, 0.15) is 19.8 Å². The van der Waals surface area contributed by atoms with Gasteiger partial charge in [0.2, 0.25) is 0 Å². The zero-order valence-electron chi connectivity index (χ0n) is 13.3. The Morgan fingerprint density at radius 1 is 1.09 bits per heavy atom. The Hall–Kier alpha value is -0.843. The Bertz CT molecular complexity index is 555. The standard InChI is InChI=1S/C13H23NO6SSi/c1-5-13(21(15,16)17,14-10-7-6-8-11-14)9-12-22(18-2,19-3)20-4/h6-8,10-11H,5,9,12H2,1-4H3. The molecule has 0 saturated carbocycles. The van der Waals surface area contributed by atoms with Gasteiger partial charge in [-0.15, -0.1) is 0 Å². The Kier molecular flexibility index (Phi) is 6.65. The molecule has 1 aromatic rings. The molecule has 1 aromatic heterocycles. The average Bonchev–Trinajstić information content (AvgIpc) is 2.52. The highest BCUT2D eigenvalue weighted by atomic mass is 32.2. The molecule has 1 heterocycles. The maximum atomic E-state index is 12.0. The summed E-state index contributed by atoms with van der Waals surface area (Å²) in [6.45, 7) is 1.67. The molecule has 0 radical (unpaired) electrons. The van der Waals surface area contributed by atoms with Crippen molar-refractivity contribution in [1.82, 2.24) is 0 Å². The summed E-state index contributed by atoms with van der Waals surface area (Å²) < 4.78 is 53.3. The minimum absolute atomic E-state index is 0.0474. The van der Waals surface area contributed by atoms with Gasteiger partial charge in [0.15, 0.2) is 22.5 Å². The van der Waals surface area contributed by atoms with Gasteiger partial charge < -0.3 is 17.8 Å². The molecule has 0 aliphatic rings. The normalized spacial score (nSPS) is 15.5. The summed E-state index contributed by atoms with van der Waals surface area (Å²) in [5, 5.41) is 0. The highest BCUT2D eigenvalue weighted by molar-refractivity contribution is 7.86. The molecule has 1 rings (SSSR count). The van der Waals surface area contributed by atoms with Crippen molar-refractivity contribution in [2.75, 3.05) is 21.3 Å². The SMILES string of the molecule is CCC(CC[Si](OC)(OC)OC)([n+]1ccccc1)S(=O)(=O)[O-]. The van der Waals surface area contributed by atoms with Crippen molar-refractivity contribution < 1.29 is 30.8 Å². The quantitative estimate of drug-likeness (QED) is 0.373. The highest BCUT2D eigenvalue weighted by Crippen LogP contribution is 2.30.